The van der Waals surface area contributed by atoms with Gasteiger partial charge in [-0.3, -0.25) is 0 Å². The van der Waals surface area contributed by atoms with Gasteiger partial charge in [0.1, 0.15) is 48.8 Å². The van der Waals surface area contributed by atoms with Crippen molar-refractivity contribution in [3.8, 4) is 0 Å². The summed E-state index contributed by atoms with van der Waals surface area (Å²) in [5.41, 5.74) is -0.175. The van der Waals surface area contributed by atoms with E-state index in [-0.39, 0.29) is 57.7 Å². The van der Waals surface area contributed by atoms with Gasteiger partial charge in [0, 0.05) is 6.42 Å². The fourth-order valence-corrected chi connectivity index (χ4v) is 13.7. The zero-order valence-electron chi connectivity index (χ0n) is 34.1. The fourth-order valence-electron chi connectivity index (χ4n) is 13.7. The van der Waals surface area contributed by atoms with Gasteiger partial charge < -0.3 is 64.5 Å². The first kappa shape index (κ1) is 42.3. The van der Waals surface area contributed by atoms with Gasteiger partial charge in [-0.05, 0) is 111 Å². The maximum Gasteiger partial charge on any atom is 0.187 e. The van der Waals surface area contributed by atoms with Crippen LogP contribution < -0.4 is 0 Å². The van der Waals surface area contributed by atoms with Gasteiger partial charge >= 0.3 is 0 Å². The lowest BCUT2D eigenvalue weighted by atomic mass is 9.34. The summed E-state index contributed by atoms with van der Waals surface area (Å²) < 4.78 is 32.4. The molecule has 3 heterocycles. The van der Waals surface area contributed by atoms with E-state index in [0.29, 0.717) is 18.8 Å². The van der Waals surface area contributed by atoms with E-state index in [1.807, 2.05) is 0 Å². The number of fused-ring (bicyclic) bond motifs is 4. The highest BCUT2D eigenvalue weighted by Gasteiger charge is 2.73. The summed E-state index contributed by atoms with van der Waals surface area (Å²) in [5, 5.41) is 83.7. The molecule has 0 spiro atoms. The summed E-state index contributed by atoms with van der Waals surface area (Å²) in [5.74, 6) is 0.866. The molecule has 8 N–H and O–H groups in total. The first-order chi connectivity index (χ1) is 25.7. The van der Waals surface area contributed by atoms with Crippen LogP contribution in [0.4, 0.5) is 0 Å². The van der Waals surface area contributed by atoms with Crippen molar-refractivity contribution < 1.29 is 64.5 Å². The maximum atomic E-state index is 11.0. The minimum absolute atomic E-state index is 0.0243. The largest absolute Gasteiger partial charge is 0.394 e. The molecule has 55 heavy (non-hydrogen) atoms. The maximum absolute atomic E-state index is 11.0. The summed E-state index contributed by atoms with van der Waals surface area (Å²) in [7, 11) is 0. The topological polar surface area (TPSA) is 208 Å². The Morgan fingerprint density at radius 1 is 0.655 bits per heavy atom. The average molecular weight is 783 g/mol. The molecule has 0 aromatic carbocycles. The van der Waals surface area contributed by atoms with Crippen molar-refractivity contribution >= 4 is 0 Å². The van der Waals surface area contributed by atoms with Gasteiger partial charge in [0.05, 0.1) is 37.1 Å². The first-order valence-corrected chi connectivity index (χ1v) is 20.9. The molecule has 7 rings (SSSR count). The van der Waals surface area contributed by atoms with Crippen molar-refractivity contribution in [2.45, 2.75) is 192 Å². The predicted octanol–water partition coefficient (Wildman–Crippen LogP) is 2.17. The minimum atomic E-state index is -1.51. The third-order valence-corrected chi connectivity index (χ3v) is 17.2. The van der Waals surface area contributed by atoms with Gasteiger partial charge in [-0.2, -0.15) is 0 Å². The highest BCUT2D eigenvalue weighted by atomic mass is 16.7. The van der Waals surface area contributed by atoms with Crippen LogP contribution >= 0.6 is 0 Å². The molecular weight excluding hydrogens is 712 g/mol. The molecule has 4 saturated carbocycles. The number of aliphatic hydroxyl groups is 8. The molecule has 3 saturated heterocycles. The number of rotatable bonds is 7. The molecule has 13 nitrogen and oxygen atoms in total. The molecule has 21 atom stereocenters. The zero-order chi connectivity index (χ0) is 40.2. The minimum Gasteiger partial charge on any atom is -0.394 e. The normalized spacial score (nSPS) is 56.1. The Morgan fingerprint density at radius 3 is 1.84 bits per heavy atom. The molecule has 0 radical (unpaired) electrons. The Kier molecular flexibility index (Phi) is 11.4. The van der Waals surface area contributed by atoms with E-state index in [0.717, 1.165) is 44.1 Å². The Balaban J connectivity index is 1.18. The molecule has 0 amide bonds. The monoisotopic (exact) mass is 782 g/mol. The second-order valence-corrected chi connectivity index (χ2v) is 20.3. The van der Waals surface area contributed by atoms with Gasteiger partial charge in [0.25, 0.3) is 0 Å². The first-order valence-electron chi connectivity index (χ1n) is 20.9. The van der Waals surface area contributed by atoms with Crippen LogP contribution in [-0.2, 0) is 23.7 Å². The molecule has 7 aliphatic rings. The Hall–Kier alpha value is -0.780. The standard InChI is InChI=1S/C42H70O13/c1-20(2)15-21-16-23(52-36-34(49)32(47)30(45)25(18-43)53-36)22-9-11-41(7)29(22)24(51-21)17-28-39(5)13-14-42(8,38(3,4)27(39)10-12-40(28,41)6)55-37-35(50)33(48)31(46)26(19-44)54-37/h15,21-37,43-50H,9-14,16-19H2,1-8H3. The van der Waals surface area contributed by atoms with E-state index in [9.17, 15) is 40.9 Å². The second-order valence-electron chi connectivity index (χ2n) is 20.3. The van der Waals surface area contributed by atoms with E-state index in [2.05, 4.69) is 61.5 Å². The summed E-state index contributed by atoms with van der Waals surface area (Å²) in [6.07, 6.45) is -4.90. The SMILES string of the molecule is CC(C)=CC1CC(OC2OC(CO)C(O)C(O)C2O)C2CCC3(C)C2C(CC2C4(C)CCC(C)(OC5OC(CO)C(O)C(O)C5O)C(C)(C)C4CCC23C)O1. The van der Waals surface area contributed by atoms with Crippen LogP contribution in [0.2, 0.25) is 0 Å². The van der Waals surface area contributed by atoms with Crippen molar-refractivity contribution in [2.24, 2.45) is 45.3 Å². The molecule has 316 valence electrons. The Morgan fingerprint density at radius 2 is 1.24 bits per heavy atom. The molecule has 4 aliphatic carbocycles. The molecule has 21 unspecified atom stereocenters. The lowest BCUT2D eigenvalue weighted by molar-refractivity contribution is -0.355. The lowest BCUT2D eigenvalue weighted by Crippen LogP contribution is -2.69. The third-order valence-electron chi connectivity index (χ3n) is 17.2. The van der Waals surface area contributed by atoms with Crippen LogP contribution in [-0.4, -0.2) is 139 Å². The van der Waals surface area contributed by atoms with Gasteiger partial charge in [-0.15, -0.1) is 0 Å². The molecule has 0 aromatic heterocycles. The molecule has 0 bridgehead atoms. The average Bonchev–Trinajstić information content (AvgIpc) is 3.42. The molecule has 7 fully saturated rings. The third kappa shape index (κ3) is 6.44. The zero-order valence-corrected chi connectivity index (χ0v) is 34.1. The van der Waals surface area contributed by atoms with E-state index in [1.165, 1.54) is 0 Å². The van der Waals surface area contributed by atoms with Crippen LogP contribution in [0.1, 0.15) is 107 Å². The number of hydrogen-bond acceptors (Lipinski definition) is 13. The van der Waals surface area contributed by atoms with Crippen molar-refractivity contribution in [3.05, 3.63) is 11.6 Å². The van der Waals surface area contributed by atoms with Gasteiger partial charge in [-0.1, -0.05) is 46.3 Å². The van der Waals surface area contributed by atoms with Crippen molar-refractivity contribution in [1.29, 1.82) is 0 Å². The predicted molar refractivity (Wildman–Crippen MR) is 199 cm³/mol. The Labute approximate surface area is 326 Å². The fraction of sp³-hybridized carbons (Fsp3) is 0.952. The van der Waals surface area contributed by atoms with E-state index < -0.39 is 80.2 Å². The summed E-state index contributed by atoms with van der Waals surface area (Å²) in [6.45, 7) is 17.1. The molecule has 13 heteroatoms. The number of hydrogen-bond donors (Lipinski definition) is 8. The highest BCUT2D eigenvalue weighted by Crippen LogP contribution is 2.77. The van der Waals surface area contributed by atoms with Gasteiger partial charge in [-0.25, -0.2) is 0 Å². The van der Waals surface area contributed by atoms with E-state index in [4.69, 9.17) is 23.7 Å². The molecule has 0 aromatic rings. The van der Waals surface area contributed by atoms with Gasteiger partial charge in [0.2, 0.25) is 0 Å². The van der Waals surface area contributed by atoms with E-state index in [1.54, 1.807) is 0 Å². The summed E-state index contributed by atoms with van der Waals surface area (Å²) in [6, 6.07) is 0. The van der Waals surface area contributed by atoms with Crippen molar-refractivity contribution in [2.75, 3.05) is 13.2 Å². The second kappa shape index (κ2) is 14.7. The van der Waals surface area contributed by atoms with Crippen molar-refractivity contribution in [3.63, 3.8) is 0 Å². The molecule has 3 aliphatic heterocycles. The number of ether oxygens (including phenoxy) is 5. The van der Waals surface area contributed by atoms with Crippen LogP contribution in [0, 0.1) is 45.3 Å². The summed E-state index contributed by atoms with van der Waals surface area (Å²) in [4.78, 5) is 0. The van der Waals surface area contributed by atoms with Gasteiger partial charge in [0.15, 0.2) is 12.6 Å². The molecular formula is C42H70O13. The van der Waals surface area contributed by atoms with Crippen LogP contribution in [0.25, 0.3) is 0 Å². The number of allylic oxidation sites excluding steroid dienone is 1. The summed E-state index contributed by atoms with van der Waals surface area (Å²) >= 11 is 0. The van der Waals surface area contributed by atoms with Crippen molar-refractivity contribution in [1.82, 2.24) is 0 Å². The lowest BCUT2D eigenvalue weighted by Gasteiger charge is -2.72. The number of aliphatic hydroxyl groups excluding tert-OH is 8. The van der Waals surface area contributed by atoms with Crippen LogP contribution in [0.3, 0.4) is 0 Å². The highest BCUT2D eigenvalue weighted by molar-refractivity contribution is 5.22. The van der Waals surface area contributed by atoms with E-state index >= 15 is 0 Å². The van der Waals surface area contributed by atoms with Crippen LogP contribution in [0.15, 0.2) is 11.6 Å². The quantitative estimate of drug-likeness (QED) is 0.138. The van der Waals surface area contributed by atoms with Crippen LogP contribution in [0.5, 0.6) is 0 Å². The smallest absolute Gasteiger partial charge is 0.187 e. The Bertz CT molecular complexity index is 1420.